The van der Waals surface area contributed by atoms with Crippen LogP contribution in [-0.4, -0.2) is 41.8 Å². The number of pyridine rings is 1. The van der Waals surface area contributed by atoms with Gasteiger partial charge in [-0.15, -0.1) is 0 Å². The van der Waals surface area contributed by atoms with E-state index >= 15 is 0 Å². The van der Waals surface area contributed by atoms with Crippen molar-refractivity contribution in [2.45, 2.75) is 51.9 Å². The highest BCUT2D eigenvalue weighted by atomic mass is 16.2. The molecule has 0 saturated heterocycles. The summed E-state index contributed by atoms with van der Waals surface area (Å²) in [6.07, 6.45) is 9.83. The predicted octanol–water partition coefficient (Wildman–Crippen LogP) is 2.81. The molecule has 0 bridgehead atoms. The van der Waals surface area contributed by atoms with Gasteiger partial charge in [0.1, 0.15) is 0 Å². The second-order valence-electron chi connectivity index (χ2n) is 7.06. The Morgan fingerprint density at radius 1 is 1.16 bits per heavy atom. The quantitative estimate of drug-likeness (QED) is 0.737. The summed E-state index contributed by atoms with van der Waals surface area (Å²) >= 11 is 0. The summed E-state index contributed by atoms with van der Waals surface area (Å²) in [5, 5.41) is 3.02. The van der Waals surface area contributed by atoms with Crippen molar-refractivity contribution in [1.82, 2.24) is 15.2 Å². The van der Waals surface area contributed by atoms with Crippen molar-refractivity contribution >= 4 is 11.8 Å². The second kappa shape index (κ2) is 10.2. The summed E-state index contributed by atoms with van der Waals surface area (Å²) in [4.78, 5) is 30.6. The van der Waals surface area contributed by atoms with E-state index in [9.17, 15) is 9.59 Å². The Bertz CT molecular complexity index is 539. The third-order valence-electron chi connectivity index (χ3n) is 5.14. The van der Waals surface area contributed by atoms with Crippen molar-refractivity contribution < 1.29 is 9.59 Å². The monoisotopic (exact) mass is 345 g/mol. The molecule has 2 amide bonds. The van der Waals surface area contributed by atoms with E-state index in [-0.39, 0.29) is 23.7 Å². The van der Waals surface area contributed by atoms with Crippen LogP contribution >= 0.6 is 0 Å². The molecule has 2 rings (SSSR count). The lowest BCUT2D eigenvalue weighted by Gasteiger charge is -2.30. The lowest BCUT2D eigenvalue weighted by atomic mass is 9.81. The van der Waals surface area contributed by atoms with Gasteiger partial charge in [0, 0.05) is 44.4 Å². The highest BCUT2D eigenvalue weighted by molar-refractivity contribution is 5.81. The number of likely N-dealkylation sites (N-methyl/N-ethyl adjacent to an activating group) is 1. The van der Waals surface area contributed by atoms with Crippen molar-refractivity contribution in [3.05, 3.63) is 30.1 Å². The fourth-order valence-electron chi connectivity index (χ4n) is 3.40. The van der Waals surface area contributed by atoms with Gasteiger partial charge < -0.3 is 10.2 Å². The van der Waals surface area contributed by atoms with E-state index < -0.39 is 0 Å². The van der Waals surface area contributed by atoms with Crippen molar-refractivity contribution in [3.63, 3.8) is 0 Å². The molecule has 1 aliphatic rings. The van der Waals surface area contributed by atoms with Crippen molar-refractivity contribution in [1.29, 1.82) is 0 Å². The van der Waals surface area contributed by atoms with Crippen LogP contribution in [0.2, 0.25) is 0 Å². The molecule has 5 heteroatoms. The van der Waals surface area contributed by atoms with Crippen LogP contribution in [0.5, 0.6) is 0 Å². The van der Waals surface area contributed by atoms with Crippen LogP contribution in [-0.2, 0) is 16.0 Å². The highest BCUT2D eigenvalue weighted by Gasteiger charge is 2.31. The Morgan fingerprint density at radius 2 is 1.80 bits per heavy atom. The molecule has 1 aliphatic carbocycles. The molecule has 1 aromatic heterocycles. The van der Waals surface area contributed by atoms with Gasteiger partial charge >= 0.3 is 0 Å². The smallest absolute Gasteiger partial charge is 0.225 e. The number of hydrogen-bond acceptors (Lipinski definition) is 3. The molecule has 1 aromatic rings. The Kier molecular flexibility index (Phi) is 7.89. The summed E-state index contributed by atoms with van der Waals surface area (Å²) in [6, 6.07) is 3.97. The van der Waals surface area contributed by atoms with Gasteiger partial charge in [0.05, 0.1) is 0 Å². The number of rotatable bonds is 8. The number of aromatic nitrogens is 1. The molecular weight excluding hydrogens is 314 g/mol. The maximum absolute atomic E-state index is 12.6. The maximum Gasteiger partial charge on any atom is 0.225 e. The lowest BCUT2D eigenvalue weighted by molar-refractivity contribution is -0.137. The molecule has 138 valence electrons. The molecule has 5 nitrogen and oxygen atoms in total. The summed E-state index contributed by atoms with van der Waals surface area (Å²) in [5.41, 5.74) is 1.20. The summed E-state index contributed by atoms with van der Waals surface area (Å²) in [5.74, 6) is 0.550. The van der Waals surface area contributed by atoms with Crippen LogP contribution < -0.4 is 5.32 Å². The first kappa shape index (κ1) is 19.4. The van der Waals surface area contributed by atoms with Gasteiger partial charge in [0.15, 0.2) is 0 Å². The Balaban J connectivity index is 1.72. The largest absolute Gasteiger partial charge is 0.356 e. The SMILES string of the molecule is CCCCNC(=O)C1CCC(C(=O)N(C)CCc2ccncc2)CC1. The molecule has 0 atom stereocenters. The minimum absolute atomic E-state index is 0.0714. The van der Waals surface area contributed by atoms with E-state index in [1.54, 1.807) is 12.4 Å². The van der Waals surface area contributed by atoms with Gasteiger partial charge in [-0.25, -0.2) is 0 Å². The van der Waals surface area contributed by atoms with Gasteiger partial charge in [0.2, 0.25) is 11.8 Å². The number of nitrogens with zero attached hydrogens (tertiary/aromatic N) is 2. The first-order chi connectivity index (χ1) is 12.1. The number of nitrogens with one attached hydrogen (secondary N) is 1. The average molecular weight is 345 g/mol. The fourth-order valence-corrected chi connectivity index (χ4v) is 3.40. The number of amides is 2. The molecule has 0 aliphatic heterocycles. The van der Waals surface area contributed by atoms with Crippen LogP contribution in [0.4, 0.5) is 0 Å². The Morgan fingerprint density at radius 3 is 2.44 bits per heavy atom. The normalized spacial score (nSPS) is 20.1. The summed E-state index contributed by atoms with van der Waals surface area (Å²) in [7, 11) is 1.88. The zero-order chi connectivity index (χ0) is 18.1. The van der Waals surface area contributed by atoms with E-state index in [1.807, 2.05) is 24.1 Å². The summed E-state index contributed by atoms with van der Waals surface area (Å²) in [6.45, 7) is 3.61. The van der Waals surface area contributed by atoms with Crippen LogP contribution in [0.1, 0.15) is 51.0 Å². The van der Waals surface area contributed by atoms with Crippen molar-refractivity contribution in [3.8, 4) is 0 Å². The molecular formula is C20H31N3O2. The third-order valence-corrected chi connectivity index (χ3v) is 5.14. The number of carbonyl (C=O) groups excluding carboxylic acids is 2. The molecule has 1 heterocycles. The average Bonchev–Trinajstić information content (AvgIpc) is 2.66. The molecule has 0 aromatic carbocycles. The van der Waals surface area contributed by atoms with Crippen molar-refractivity contribution in [2.75, 3.05) is 20.1 Å². The number of hydrogen-bond donors (Lipinski definition) is 1. The maximum atomic E-state index is 12.6. The standard InChI is InChI=1S/C20H31N3O2/c1-3-4-12-22-19(24)17-5-7-18(8-6-17)20(25)23(2)15-11-16-9-13-21-14-10-16/h9-10,13-14,17-18H,3-8,11-12,15H2,1-2H3,(H,22,24). The van der Waals surface area contributed by atoms with Crippen LogP contribution in [0.15, 0.2) is 24.5 Å². The van der Waals surface area contributed by atoms with Gasteiger partial charge in [-0.1, -0.05) is 13.3 Å². The number of unbranched alkanes of at least 4 members (excludes halogenated alkanes) is 1. The van der Waals surface area contributed by atoms with Gasteiger partial charge in [0.25, 0.3) is 0 Å². The molecule has 1 N–H and O–H groups in total. The molecule has 0 unspecified atom stereocenters. The van der Waals surface area contributed by atoms with E-state index in [2.05, 4.69) is 17.2 Å². The number of carbonyl (C=O) groups is 2. The predicted molar refractivity (Wildman–Crippen MR) is 98.9 cm³/mol. The van der Waals surface area contributed by atoms with Crippen molar-refractivity contribution in [2.24, 2.45) is 11.8 Å². The zero-order valence-electron chi connectivity index (χ0n) is 15.5. The van der Waals surface area contributed by atoms with Gasteiger partial charge in [-0.2, -0.15) is 0 Å². The van der Waals surface area contributed by atoms with E-state index in [1.165, 1.54) is 5.56 Å². The topological polar surface area (TPSA) is 62.3 Å². The zero-order valence-corrected chi connectivity index (χ0v) is 15.5. The van der Waals surface area contributed by atoms with E-state index in [4.69, 9.17) is 0 Å². The van der Waals surface area contributed by atoms with Crippen LogP contribution in [0, 0.1) is 11.8 Å². The molecule has 0 spiro atoms. The van der Waals surface area contributed by atoms with Gasteiger partial charge in [-0.05, 0) is 56.2 Å². The summed E-state index contributed by atoms with van der Waals surface area (Å²) < 4.78 is 0. The second-order valence-corrected chi connectivity index (χ2v) is 7.06. The molecule has 1 saturated carbocycles. The molecule has 0 radical (unpaired) electrons. The third kappa shape index (κ3) is 6.15. The van der Waals surface area contributed by atoms with E-state index in [0.29, 0.717) is 0 Å². The first-order valence-electron chi connectivity index (χ1n) is 9.53. The minimum atomic E-state index is 0.0714. The van der Waals surface area contributed by atoms with Gasteiger partial charge in [-0.3, -0.25) is 14.6 Å². The molecule has 1 fully saturated rings. The Hall–Kier alpha value is -1.91. The Labute approximate surface area is 151 Å². The lowest BCUT2D eigenvalue weighted by Crippen LogP contribution is -2.39. The first-order valence-corrected chi connectivity index (χ1v) is 9.53. The molecule has 25 heavy (non-hydrogen) atoms. The van der Waals surface area contributed by atoms with Crippen LogP contribution in [0.25, 0.3) is 0 Å². The fraction of sp³-hybridized carbons (Fsp3) is 0.650. The van der Waals surface area contributed by atoms with E-state index in [0.717, 1.165) is 58.0 Å². The minimum Gasteiger partial charge on any atom is -0.356 e. The van der Waals surface area contributed by atoms with Crippen LogP contribution in [0.3, 0.4) is 0 Å². The highest BCUT2D eigenvalue weighted by Crippen LogP contribution is 2.30.